The van der Waals surface area contributed by atoms with Crippen molar-refractivity contribution in [3.8, 4) is 0 Å². The van der Waals surface area contributed by atoms with Crippen LogP contribution < -0.4 is 0 Å². The summed E-state index contributed by atoms with van der Waals surface area (Å²) in [5.41, 5.74) is 0.925. The third-order valence-electron chi connectivity index (χ3n) is 7.64. The van der Waals surface area contributed by atoms with E-state index in [1.807, 2.05) is 0 Å². The van der Waals surface area contributed by atoms with Crippen LogP contribution in [0, 0.1) is 22.7 Å². The van der Waals surface area contributed by atoms with Gasteiger partial charge in [-0.1, -0.05) is 68.2 Å². The summed E-state index contributed by atoms with van der Waals surface area (Å²) >= 11 is 8.77. The van der Waals surface area contributed by atoms with Crippen molar-refractivity contribution in [1.29, 1.82) is 0 Å². The average molecular weight is 503 g/mol. The topological polar surface area (TPSA) is 0 Å². The standard InChI is InChI=1S/C27H50S4/c1-24(2,18-26(5,6)30-16-22-14-28-22)13-20-10-9-11-21(12-20)25(3,4)19-27(7,8)31-17-23-15-29-23/h20-23H,9-19H2,1-8H3. The second-order valence-corrected chi connectivity index (χ2v) is 19.6. The van der Waals surface area contributed by atoms with Gasteiger partial charge < -0.3 is 0 Å². The first-order valence-electron chi connectivity index (χ1n) is 12.8. The Kier molecular flexibility index (Phi) is 9.20. The smallest absolute Gasteiger partial charge is 0.0229 e. The Bertz CT molecular complexity index is 572. The second-order valence-electron chi connectivity index (χ2n) is 13.5. The number of rotatable bonds is 13. The van der Waals surface area contributed by atoms with E-state index in [9.17, 15) is 0 Å². The van der Waals surface area contributed by atoms with E-state index < -0.39 is 0 Å². The summed E-state index contributed by atoms with van der Waals surface area (Å²) in [4.78, 5) is 0. The molecule has 0 aromatic rings. The molecular weight excluding hydrogens is 453 g/mol. The summed E-state index contributed by atoms with van der Waals surface area (Å²) in [6.07, 6.45) is 10.0. The largest absolute Gasteiger partial charge is 0.156 e. The highest BCUT2D eigenvalue weighted by Gasteiger charge is 2.40. The van der Waals surface area contributed by atoms with E-state index in [2.05, 4.69) is 102 Å². The lowest BCUT2D eigenvalue weighted by atomic mass is 9.62. The molecule has 31 heavy (non-hydrogen) atoms. The Labute approximate surface area is 212 Å². The van der Waals surface area contributed by atoms with Crippen molar-refractivity contribution in [2.45, 2.75) is 120 Å². The maximum Gasteiger partial charge on any atom is 0.0229 e. The van der Waals surface area contributed by atoms with Crippen molar-refractivity contribution in [2.24, 2.45) is 22.7 Å². The van der Waals surface area contributed by atoms with Crippen LogP contribution in [-0.4, -0.2) is 43.0 Å². The fourth-order valence-corrected chi connectivity index (χ4v) is 11.0. The SMILES string of the molecule is CC(C)(CC1CCCC(C(C)(C)CC(C)(C)SCC2CS2)C1)CC(C)(C)SCC1CS1. The lowest BCUT2D eigenvalue weighted by molar-refractivity contribution is 0.0851. The van der Waals surface area contributed by atoms with Crippen molar-refractivity contribution >= 4 is 47.0 Å². The van der Waals surface area contributed by atoms with E-state index in [4.69, 9.17) is 0 Å². The molecule has 3 rings (SSSR count). The molecule has 0 nitrogen and oxygen atoms in total. The van der Waals surface area contributed by atoms with Crippen molar-refractivity contribution in [2.75, 3.05) is 23.0 Å². The van der Waals surface area contributed by atoms with Crippen molar-refractivity contribution in [3.63, 3.8) is 0 Å². The predicted octanol–water partition coefficient (Wildman–Crippen LogP) is 9.27. The van der Waals surface area contributed by atoms with E-state index in [0.29, 0.717) is 20.3 Å². The van der Waals surface area contributed by atoms with Gasteiger partial charge in [0.05, 0.1) is 0 Å². The van der Waals surface area contributed by atoms with Gasteiger partial charge in [0, 0.05) is 43.0 Å². The van der Waals surface area contributed by atoms with Gasteiger partial charge in [-0.3, -0.25) is 0 Å². The Morgan fingerprint density at radius 2 is 1.26 bits per heavy atom. The highest BCUT2D eigenvalue weighted by Crippen LogP contribution is 2.51. The first-order valence-corrected chi connectivity index (χ1v) is 16.8. The normalized spacial score (nSPS) is 29.8. The molecule has 3 fully saturated rings. The first-order chi connectivity index (χ1) is 14.3. The molecule has 0 amide bonds. The summed E-state index contributed by atoms with van der Waals surface area (Å²) in [5.74, 6) is 7.38. The molecule has 4 unspecified atom stereocenters. The predicted molar refractivity (Wildman–Crippen MR) is 152 cm³/mol. The molecule has 0 spiro atoms. The van der Waals surface area contributed by atoms with Crippen LogP contribution in [0.15, 0.2) is 0 Å². The van der Waals surface area contributed by atoms with Crippen LogP contribution in [0.3, 0.4) is 0 Å². The van der Waals surface area contributed by atoms with Crippen LogP contribution in [0.2, 0.25) is 0 Å². The summed E-state index contributed by atoms with van der Waals surface area (Å²) in [7, 11) is 0. The third kappa shape index (κ3) is 9.88. The molecule has 4 heteroatoms. The van der Waals surface area contributed by atoms with E-state index in [1.165, 1.54) is 68.0 Å². The van der Waals surface area contributed by atoms with E-state index in [1.54, 1.807) is 0 Å². The van der Waals surface area contributed by atoms with Crippen LogP contribution >= 0.6 is 47.0 Å². The van der Waals surface area contributed by atoms with Crippen LogP contribution in [0.4, 0.5) is 0 Å². The molecule has 4 atom stereocenters. The Hall–Kier alpha value is 1.40. The molecule has 1 saturated carbocycles. The van der Waals surface area contributed by atoms with Gasteiger partial charge in [-0.15, -0.1) is 0 Å². The lowest BCUT2D eigenvalue weighted by Crippen LogP contribution is -2.36. The van der Waals surface area contributed by atoms with Gasteiger partial charge in [0.25, 0.3) is 0 Å². The minimum absolute atomic E-state index is 0.417. The van der Waals surface area contributed by atoms with E-state index in [0.717, 1.165) is 22.3 Å². The summed E-state index contributed by atoms with van der Waals surface area (Å²) in [5, 5.41) is 1.92. The molecule has 2 saturated heterocycles. The molecule has 0 radical (unpaired) electrons. The number of hydrogen-bond acceptors (Lipinski definition) is 4. The summed E-state index contributed by atoms with van der Waals surface area (Å²) in [6.45, 7) is 20.3. The van der Waals surface area contributed by atoms with E-state index in [-0.39, 0.29) is 0 Å². The van der Waals surface area contributed by atoms with E-state index >= 15 is 0 Å². The minimum Gasteiger partial charge on any atom is -0.156 e. The average Bonchev–Trinajstić information content (AvgIpc) is 3.51. The van der Waals surface area contributed by atoms with Gasteiger partial charge >= 0.3 is 0 Å². The zero-order chi connectivity index (χ0) is 22.9. The van der Waals surface area contributed by atoms with Gasteiger partial charge in [-0.25, -0.2) is 0 Å². The number of hydrogen-bond donors (Lipinski definition) is 0. The Morgan fingerprint density at radius 3 is 1.77 bits per heavy atom. The minimum atomic E-state index is 0.417. The van der Waals surface area contributed by atoms with Crippen LogP contribution in [0.1, 0.15) is 100 Å². The zero-order valence-corrected chi connectivity index (χ0v) is 25.0. The quantitative estimate of drug-likeness (QED) is 0.230. The Balaban J connectivity index is 1.49. The number of thioether (sulfide) groups is 4. The fraction of sp³-hybridized carbons (Fsp3) is 1.00. The summed E-state index contributed by atoms with van der Waals surface area (Å²) in [6, 6.07) is 0. The van der Waals surface area contributed by atoms with Gasteiger partial charge in [-0.05, 0) is 54.8 Å². The first kappa shape index (κ1) is 27.0. The van der Waals surface area contributed by atoms with Gasteiger partial charge in [0.1, 0.15) is 0 Å². The highest BCUT2D eigenvalue weighted by atomic mass is 32.2. The van der Waals surface area contributed by atoms with Crippen molar-refractivity contribution in [1.82, 2.24) is 0 Å². The lowest BCUT2D eigenvalue weighted by Gasteiger charge is -2.45. The molecule has 0 aromatic heterocycles. The van der Waals surface area contributed by atoms with Gasteiger partial charge in [0.2, 0.25) is 0 Å². The van der Waals surface area contributed by atoms with Crippen LogP contribution in [0.25, 0.3) is 0 Å². The highest BCUT2D eigenvalue weighted by molar-refractivity contribution is 8.09. The molecule has 182 valence electrons. The maximum atomic E-state index is 2.59. The van der Waals surface area contributed by atoms with Gasteiger partial charge in [0.15, 0.2) is 0 Å². The second kappa shape index (κ2) is 10.6. The molecule has 0 bridgehead atoms. The molecule has 2 heterocycles. The molecule has 1 aliphatic carbocycles. The molecule has 0 aromatic carbocycles. The fourth-order valence-electron chi connectivity index (χ4n) is 6.50. The molecule has 0 N–H and O–H groups in total. The molecule has 2 aliphatic heterocycles. The van der Waals surface area contributed by atoms with Crippen LogP contribution in [-0.2, 0) is 0 Å². The molecule has 3 aliphatic rings. The summed E-state index contributed by atoms with van der Waals surface area (Å²) < 4.78 is 0.834. The van der Waals surface area contributed by atoms with Crippen LogP contribution in [0.5, 0.6) is 0 Å². The Morgan fingerprint density at radius 1 is 0.742 bits per heavy atom. The van der Waals surface area contributed by atoms with Crippen molar-refractivity contribution < 1.29 is 0 Å². The molecular formula is C27H50S4. The third-order valence-corrected chi connectivity index (χ3v) is 13.0. The maximum absolute atomic E-state index is 2.59. The monoisotopic (exact) mass is 502 g/mol. The zero-order valence-electron chi connectivity index (χ0n) is 21.7. The van der Waals surface area contributed by atoms with Crippen molar-refractivity contribution in [3.05, 3.63) is 0 Å². The van der Waals surface area contributed by atoms with Gasteiger partial charge in [-0.2, -0.15) is 47.0 Å².